The molecule has 11 N–H and O–H groups in total. The van der Waals surface area contributed by atoms with Crippen LogP contribution in [0.15, 0.2) is 51.2 Å². The maximum atomic E-state index is 13.9. The van der Waals surface area contributed by atoms with E-state index in [0.29, 0.717) is 47.1 Å². The number of imidazole rings is 1. The Bertz CT molecular complexity index is 4060. The van der Waals surface area contributed by atoms with Crippen molar-refractivity contribution in [3.8, 4) is 11.5 Å². The van der Waals surface area contributed by atoms with Gasteiger partial charge in [0.25, 0.3) is 21.6 Å². The number of carbonyl (C=O) groups excluding carboxylic acids is 2. The van der Waals surface area contributed by atoms with Crippen LogP contribution in [0.1, 0.15) is 91.0 Å². The van der Waals surface area contributed by atoms with Gasteiger partial charge in [-0.25, -0.2) is 36.2 Å². The quantitative estimate of drug-likeness (QED) is 0.0209. The van der Waals surface area contributed by atoms with Crippen molar-refractivity contribution in [2.45, 2.75) is 111 Å². The minimum absolute atomic E-state index is 0.0173. The average molecular weight is 1250 g/mol. The molecule has 84 heavy (non-hydrogen) atoms. The number of nitrogens with one attached hydrogen (secondary N) is 4. The summed E-state index contributed by atoms with van der Waals surface area (Å²) < 4.78 is 123. The first-order valence-electron chi connectivity index (χ1n) is 27.4. The number of phosphoric acid groups is 2. The highest BCUT2D eigenvalue weighted by molar-refractivity contribution is 7.89. The van der Waals surface area contributed by atoms with Crippen LogP contribution in [-0.4, -0.2) is 138 Å². The molecule has 29 nitrogen and oxygen atoms in total. The van der Waals surface area contributed by atoms with Gasteiger partial charge in [-0.3, -0.25) is 28.2 Å². The highest BCUT2D eigenvalue weighted by Crippen LogP contribution is 2.58. The molecule has 452 valence electrons. The van der Waals surface area contributed by atoms with E-state index in [9.17, 15) is 54.9 Å². The minimum atomic E-state index is -5.51. The summed E-state index contributed by atoms with van der Waals surface area (Å²) in [5.74, 6) is 0.629. The van der Waals surface area contributed by atoms with E-state index in [2.05, 4.69) is 55.8 Å². The molecule has 0 bridgehead atoms. The first-order valence-corrected chi connectivity index (χ1v) is 33.4. The number of aliphatic hydroxyl groups is 1. The Balaban J connectivity index is 0.711. The Kier molecular flexibility index (Phi) is 16.5. The van der Waals surface area contributed by atoms with Crippen LogP contribution in [0.25, 0.3) is 16.7 Å². The Morgan fingerprint density at radius 3 is 2.39 bits per heavy atom. The molecule has 1 saturated heterocycles. The van der Waals surface area contributed by atoms with E-state index in [1.165, 1.54) is 45.7 Å². The molecule has 0 radical (unpaired) electrons. The highest BCUT2D eigenvalue weighted by Gasteiger charge is 2.51. The van der Waals surface area contributed by atoms with Crippen molar-refractivity contribution in [2.24, 2.45) is 7.05 Å². The SMILES string of the molecule is Cn1c[n+]([C@@H]2O[C@H](COP(=O)(O)OP(=O)(O)O)[C@@H](O)[C@H]2OC(=O)NCCNC(=O)CCCCCNS(=O)(=O)c2ccc(C3=c4cc5c6c(c4Oc4c3cc3c7c4CCCN7CCC3)CCC[N+]=6CCC5)c(S(=O)(=O)O)c2)c2nc(N)[nH]c(=O)c21. The molecule has 6 aliphatic rings. The molecule has 0 saturated carbocycles. The molecule has 1 unspecified atom stereocenters. The van der Waals surface area contributed by atoms with Gasteiger partial charge >= 0.3 is 27.4 Å². The topological polar surface area (TPSA) is 407 Å². The number of amides is 2. The fourth-order valence-corrected chi connectivity index (χ4v) is 15.9. The number of aliphatic hydroxyl groups excluding tert-OH is 1. The zero-order valence-corrected chi connectivity index (χ0v) is 48.8. The van der Waals surface area contributed by atoms with Crippen LogP contribution in [0, 0.1) is 0 Å². The van der Waals surface area contributed by atoms with Crippen molar-refractivity contribution >= 4 is 76.2 Å². The monoisotopic (exact) mass is 1250 g/mol. The molecule has 0 aliphatic carbocycles. The molecule has 5 aromatic rings. The number of alkyl carbamates (subject to hydrolysis) is 1. The minimum Gasteiger partial charge on any atom is -0.455 e. The molecular formula is C51H64N10O19P2S2+2. The third-order valence-electron chi connectivity index (χ3n) is 15.8. The molecule has 6 aliphatic heterocycles. The number of sulfonamides is 1. The van der Waals surface area contributed by atoms with Crippen molar-refractivity contribution in [1.82, 2.24) is 34.5 Å². The predicted molar refractivity (Wildman–Crippen MR) is 296 cm³/mol. The molecule has 0 spiro atoms. The number of aromatic nitrogens is 4. The van der Waals surface area contributed by atoms with Crippen LogP contribution >= 0.6 is 15.6 Å². The van der Waals surface area contributed by atoms with Gasteiger partial charge < -0.3 is 55.3 Å². The van der Waals surface area contributed by atoms with Crippen LogP contribution in [-0.2, 0) is 85.1 Å². The van der Waals surface area contributed by atoms with E-state index in [4.69, 9.17) is 29.7 Å². The number of benzene rings is 3. The van der Waals surface area contributed by atoms with Gasteiger partial charge in [0.2, 0.25) is 33.0 Å². The van der Waals surface area contributed by atoms with Gasteiger partial charge in [0.1, 0.15) is 41.7 Å². The highest BCUT2D eigenvalue weighted by atomic mass is 32.2. The van der Waals surface area contributed by atoms with Gasteiger partial charge in [0, 0.05) is 90.7 Å². The normalized spacial score (nSPS) is 20.8. The maximum Gasteiger partial charge on any atom is 0.481 e. The van der Waals surface area contributed by atoms with Gasteiger partial charge in [-0.15, -0.1) is 0 Å². The van der Waals surface area contributed by atoms with E-state index in [0.717, 1.165) is 106 Å². The number of aromatic amines is 1. The molecule has 33 heteroatoms. The lowest BCUT2D eigenvalue weighted by atomic mass is 9.82. The second kappa shape index (κ2) is 23.2. The summed E-state index contributed by atoms with van der Waals surface area (Å²) >= 11 is 0. The molecule has 2 aromatic heterocycles. The molecule has 1 fully saturated rings. The van der Waals surface area contributed by atoms with Crippen molar-refractivity contribution in [1.29, 1.82) is 0 Å². The van der Waals surface area contributed by atoms with E-state index in [1.54, 1.807) is 0 Å². The number of carbonyl (C=O) groups is 2. The van der Waals surface area contributed by atoms with Gasteiger partial charge in [-0.05, 0) is 81.2 Å². The molecule has 11 rings (SSSR count). The number of rotatable bonds is 20. The molecule has 8 heterocycles. The lowest BCUT2D eigenvalue weighted by Crippen LogP contribution is -2.49. The number of ether oxygens (including phenoxy) is 3. The Morgan fingerprint density at radius 1 is 0.905 bits per heavy atom. The number of fused-ring (bicyclic) bond motifs is 5. The molecule has 5 atom stereocenters. The average Bonchev–Trinajstić information content (AvgIpc) is 1.22. The van der Waals surface area contributed by atoms with Crippen LogP contribution in [0.5, 0.6) is 11.5 Å². The van der Waals surface area contributed by atoms with Gasteiger partial charge in [0.15, 0.2) is 12.4 Å². The summed E-state index contributed by atoms with van der Waals surface area (Å²) in [6.07, 6.45) is 1.60. The van der Waals surface area contributed by atoms with E-state index in [1.807, 2.05) is 0 Å². The third-order valence-corrected chi connectivity index (χ3v) is 20.3. The Labute approximate surface area is 480 Å². The first kappa shape index (κ1) is 59.5. The van der Waals surface area contributed by atoms with Crippen molar-refractivity contribution < 1.29 is 87.5 Å². The van der Waals surface area contributed by atoms with Crippen LogP contribution < -0.4 is 56.0 Å². The number of hydrogen-bond donors (Lipinski definition) is 10. The third kappa shape index (κ3) is 12.0. The number of unbranched alkanes of at least 4 members (excludes halogenated alkanes) is 2. The van der Waals surface area contributed by atoms with Gasteiger partial charge in [-0.1, -0.05) is 17.5 Å². The number of nitrogens with zero attached hydrogens (tertiary/aromatic N) is 5. The summed E-state index contributed by atoms with van der Waals surface area (Å²) in [5, 5.41) is 18.1. The van der Waals surface area contributed by atoms with Crippen molar-refractivity contribution in [2.75, 3.05) is 63.1 Å². The predicted octanol–water partition coefficient (Wildman–Crippen LogP) is 0.0478. The summed E-state index contributed by atoms with van der Waals surface area (Å²) in [6, 6.07) is 7.99. The van der Waals surface area contributed by atoms with Gasteiger partial charge in [-0.2, -0.15) is 12.7 Å². The first-order chi connectivity index (χ1) is 39.9. The number of aryl methyl sites for hydroxylation is 3. The van der Waals surface area contributed by atoms with Crippen molar-refractivity contribution in [3.05, 3.63) is 91.0 Å². The molecular weight excluding hydrogens is 1180 g/mol. The number of phosphoric ester groups is 1. The smallest absolute Gasteiger partial charge is 0.455 e. The summed E-state index contributed by atoms with van der Waals surface area (Å²) in [6.45, 7) is 2.38. The fraction of sp³-hybridized carbons (Fsp3) is 0.490. The number of nitrogen functional groups attached to an aromatic ring is 1. The van der Waals surface area contributed by atoms with E-state index in [-0.39, 0.29) is 53.6 Å². The van der Waals surface area contributed by atoms with Crippen LogP contribution in [0.2, 0.25) is 0 Å². The largest absolute Gasteiger partial charge is 0.481 e. The van der Waals surface area contributed by atoms with E-state index < -0.39 is 89.4 Å². The molecule has 2 amide bonds. The van der Waals surface area contributed by atoms with Crippen molar-refractivity contribution in [3.63, 3.8) is 0 Å². The zero-order valence-electron chi connectivity index (χ0n) is 45.4. The molecule has 3 aromatic carbocycles. The zero-order chi connectivity index (χ0) is 59.6. The van der Waals surface area contributed by atoms with Crippen LogP contribution in [0.3, 0.4) is 0 Å². The lowest BCUT2D eigenvalue weighted by molar-refractivity contribution is -0.745. The Morgan fingerprint density at radius 2 is 1.63 bits per heavy atom. The number of hydrogen-bond acceptors (Lipinski definition) is 18. The van der Waals surface area contributed by atoms with E-state index >= 15 is 0 Å². The maximum absolute atomic E-state index is 13.9. The van der Waals surface area contributed by atoms with Crippen LogP contribution in [0.4, 0.5) is 16.4 Å². The summed E-state index contributed by atoms with van der Waals surface area (Å²) in [4.78, 5) is 74.3. The summed E-state index contributed by atoms with van der Waals surface area (Å²) in [5.41, 5.74) is 12.0. The number of anilines is 2. The van der Waals surface area contributed by atoms with Gasteiger partial charge in [0.05, 0.1) is 24.1 Å². The lowest BCUT2D eigenvalue weighted by Gasteiger charge is -2.39. The Hall–Kier alpha value is -6.18. The number of nitrogens with two attached hydrogens (primary N) is 1. The standard InChI is InChI=1S/C51H62N10O19P2S2/c1-58-27-61(47-42(58)48(64)57-50(52)56-47)49-46(43(63)36(77-49)26-76-82(69,70)80-81(66,67)68)79-51(65)54-18-17-53-38(62)13-3-2-4-16-55-83(71,72)30-14-15-31(37(25-30)84(73,74)75)39-34-23-28-9-5-19-59-21-7-11-32(40(28)59)44(34)78-45-33-12-8-22-60-20-6-10-29(41(33)60)24-35(39)45/h14-15,23-25,27,36,43,46,49,55,63H,2-13,16-22,26H2,1H3,(H7-2,52,53,54,56,57,62,64,65,66,67,68,69,70,73,74,75)/p+2/t36-,43-,46-,49-/m1/s1. The second-order valence-electron chi connectivity index (χ2n) is 21.5. The summed E-state index contributed by atoms with van der Waals surface area (Å²) in [7, 11) is -18.8. The fourth-order valence-electron chi connectivity index (χ4n) is 12.4. The number of H-pyrrole nitrogens is 1. The second-order valence-corrected chi connectivity index (χ2v) is 27.5.